The molecule has 208 valence electrons. The number of thiocarbonyl (C=S) groups is 1. The Hall–Kier alpha value is -4.44. The first-order chi connectivity index (χ1) is 19.4. The van der Waals surface area contributed by atoms with E-state index in [-0.39, 0.29) is 16.9 Å². The number of carbonyl (C=O) groups is 3. The zero-order valence-corrected chi connectivity index (χ0v) is 23.3. The Morgan fingerprint density at radius 3 is 2.20 bits per heavy atom. The molecule has 3 aromatic carbocycles. The van der Waals surface area contributed by atoms with Crippen LogP contribution in [-0.4, -0.2) is 67.7 Å². The fraction of sp³-hybridized carbons (Fsp3) is 0.267. The van der Waals surface area contributed by atoms with Gasteiger partial charge in [-0.1, -0.05) is 25.1 Å². The SMILES string of the molecule is CCCOc1ccc(C(=O)NC(=S)Nc2cc(C(=O)OC)ccc2N2CCN(C(=O)c3ccccc3)CC2)cc1. The summed E-state index contributed by atoms with van der Waals surface area (Å²) in [5.74, 6) is -0.186. The van der Waals surface area contributed by atoms with E-state index in [1.807, 2.05) is 48.2 Å². The first-order valence-electron chi connectivity index (χ1n) is 13.1. The lowest BCUT2D eigenvalue weighted by Gasteiger charge is -2.37. The highest BCUT2D eigenvalue weighted by atomic mass is 32.1. The second kappa shape index (κ2) is 13.6. The quantitative estimate of drug-likeness (QED) is 0.310. The third-order valence-electron chi connectivity index (χ3n) is 6.41. The summed E-state index contributed by atoms with van der Waals surface area (Å²) >= 11 is 5.45. The summed E-state index contributed by atoms with van der Waals surface area (Å²) in [7, 11) is 1.32. The average molecular weight is 561 g/mol. The zero-order valence-electron chi connectivity index (χ0n) is 22.5. The number of piperazine rings is 1. The smallest absolute Gasteiger partial charge is 0.337 e. The minimum absolute atomic E-state index is 0.00603. The standard InChI is InChI=1S/C30H32N4O5S/c1-3-19-39-24-12-9-21(10-13-24)27(35)32-30(40)31-25-20-23(29(37)38-2)11-14-26(25)33-15-17-34(18-16-33)28(36)22-7-5-4-6-8-22/h4-14,20H,3,15-19H2,1-2H3,(H2,31,32,35,40). The van der Waals surface area contributed by atoms with E-state index in [1.54, 1.807) is 36.4 Å². The summed E-state index contributed by atoms with van der Waals surface area (Å²) in [6.07, 6.45) is 0.892. The van der Waals surface area contributed by atoms with Crippen molar-refractivity contribution in [3.8, 4) is 5.75 Å². The molecule has 10 heteroatoms. The number of carbonyl (C=O) groups excluding carboxylic acids is 3. The van der Waals surface area contributed by atoms with Crippen LogP contribution in [0.5, 0.6) is 5.75 Å². The molecule has 1 saturated heterocycles. The highest BCUT2D eigenvalue weighted by molar-refractivity contribution is 7.80. The number of benzene rings is 3. The molecular formula is C30H32N4O5S. The number of amides is 2. The topological polar surface area (TPSA) is 100 Å². The maximum absolute atomic E-state index is 12.9. The lowest BCUT2D eigenvalue weighted by atomic mass is 10.1. The average Bonchev–Trinajstić information content (AvgIpc) is 3.00. The number of esters is 1. The maximum Gasteiger partial charge on any atom is 0.337 e. The van der Waals surface area contributed by atoms with E-state index < -0.39 is 5.97 Å². The maximum atomic E-state index is 12.9. The molecule has 2 amide bonds. The Bertz CT molecular complexity index is 1360. The third-order valence-corrected chi connectivity index (χ3v) is 6.61. The first kappa shape index (κ1) is 28.6. The number of rotatable bonds is 8. The summed E-state index contributed by atoms with van der Waals surface area (Å²) in [6.45, 7) is 4.85. The van der Waals surface area contributed by atoms with Gasteiger partial charge >= 0.3 is 5.97 Å². The van der Waals surface area contributed by atoms with Crippen LogP contribution in [0.4, 0.5) is 11.4 Å². The van der Waals surface area contributed by atoms with Crippen molar-refractivity contribution in [2.24, 2.45) is 0 Å². The van der Waals surface area contributed by atoms with Crippen molar-refractivity contribution < 1.29 is 23.9 Å². The van der Waals surface area contributed by atoms with Gasteiger partial charge in [0.15, 0.2) is 5.11 Å². The van der Waals surface area contributed by atoms with Crippen molar-refractivity contribution in [1.29, 1.82) is 0 Å². The minimum atomic E-state index is -0.492. The fourth-order valence-electron chi connectivity index (χ4n) is 4.32. The van der Waals surface area contributed by atoms with Crippen molar-refractivity contribution in [3.63, 3.8) is 0 Å². The van der Waals surface area contributed by atoms with Crippen LogP contribution in [0.1, 0.15) is 44.4 Å². The third kappa shape index (κ3) is 7.15. The van der Waals surface area contributed by atoms with E-state index in [0.29, 0.717) is 60.9 Å². The van der Waals surface area contributed by atoms with Gasteiger partial charge in [0.25, 0.3) is 11.8 Å². The number of ether oxygens (including phenoxy) is 2. The minimum Gasteiger partial charge on any atom is -0.494 e. The molecule has 0 aliphatic carbocycles. The van der Waals surface area contributed by atoms with Gasteiger partial charge in [0.05, 0.1) is 30.7 Å². The number of nitrogens with one attached hydrogen (secondary N) is 2. The lowest BCUT2D eigenvalue weighted by molar-refractivity contribution is 0.0600. The highest BCUT2D eigenvalue weighted by Gasteiger charge is 2.24. The van der Waals surface area contributed by atoms with Crippen molar-refractivity contribution in [2.75, 3.05) is 50.1 Å². The van der Waals surface area contributed by atoms with Gasteiger partial charge in [-0.15, -0.1) is 0 Å². The van der Waals surface area contributed by atoms with Gasteiger partial charge in [0.1, 0.15) is 5.75 Å². The molecule has 0 radical (unpaired) electrons. The molecule has 1 fully saturated rings. The van der Waals surface area contributed by atoms with Crippen LogP contribution in [0, 0.1) is 0 Å². The number of hydrogen-bond donors (Lipinski definition) is 2. The Morgan fingerprint density at radius 2 is 1.55 bits per heavy atom. The Kier molecular flexibility index (Phi) is 9.69. The van der Waals surface area contributed by atoms with Crippen LogP contribution in [0.2, 0.25) is 0 Å². The number of methoxy groups -OCH3 is 1. The van der Waals surface area contributed by atoms with Gasteiger partial charge in [-0.2, -0.15) is 0 Å². The second-order valence-corrected chi connectivity index (χ2v) is 9.56. The molecule has 0 unspecified atom stereocenters. The molecule has 0 bridgehead atoms. The van der Waals surface area contributed by atoms with E-state index in [1.165, 1.54) is 7.11 Å². The summed E-state index contributed by atoms with van der Waals surface area (Å²) < 4.78 is 10.5. The predicted molar refractivity (Wildman–Crippen MR) is 158 cm³/mol. The van der Waals surface area contributed by atoms with Crippen LogP contribution in [0.25, 0.3) is 0 Å². The first-order valence-corrected chi connectivity index (χ1v) is 13.5. The van der Waals surface area contributed by atoms with E-state index in [9.17, 15) is 14.4 Å². The summed E-state index contributed by atoms with van der Waals surface area (Å²) in [5.41, 5.74) is 2.75. The van der Waals surface area contributed by atoms with Crippen molar-refractivity contribution in [3.05, 3.63) is 89.5 Å². The van der Waals surface area contributed by atoms with Gasteiger partial charge in [-0.3, -0.25) is 14.9 Å². The van der Waals surface area contributed by atoms with Crippen LogP contribution in [0.3, 0.4) is 0 Å². The normalized spacial score (nSPS) is 12.8. The highest BCUT2D eigenvalue weighted by Crippen LogP contribution is 2.29. The molecule has 0 aromatic heterocycles. The second-order valence-electron chi connectivity index (χ2n) is 9.15. The molecule has 40 heavy (non-hydrogen) atoms. The zero-order chi connectivity index (χ0) is 28.5. The molecule has 1 aliphatic heterocycles. The molecule has 0 atom stereocenters. The summed E-state index contributed by atoms with van der Waals surface area (Å²) in [6, 6.07) is 21.1. The van der Waals surface area contributed by atoms with E-state index in [0.717, 1.165) is 12.1 Å². The lowest BCUT2D eigenvalue weighted by Crippen LogP contribution is -2.49. The van der Waals surface area contributed by atoms with E-state index in [2.05, 4.69) is 15.5 Å². The van der Waals surface area contributed by atoms with Crippen LogP contribution in [-0.2, 0) is 4.74 Å². The molecule has 4 rings (SSSR count). The summed E-state index contributed by atoms with van der Waals surface area (Å²) in [4.78, 5) is 41.8. The van der Waals surface area contributed by atoms with Gasteiger partial charge in [0, 0.05) is 37.3 Å². The van der Waals surface area contributed by atoms with E-state index in [4.69, 9.17) is 21.7 Å². The fourth-order valence-corrected chi connectivity index (χ4v) is 4.52. The van der Waals surface area contributed by atoms with Gasteiger partial charge in [0.2, 0.25) is 0 Å². The monoisotopic (exact) mass is 560 g/mol. The predicted octanol–water partition coefficient (Wildman–Crippen LogP) is 4.35. The Morgan fingerprint density at radius 1 is 0.875 bits per heavy atom. The van der Waals surface area contributed by atoms with E-state index >= 15 is 0 Å². The van der Waals surface area contributed by atoms with Gasteiger partial charge in [-0.05, 0) is 73.2 Å². The Labute approximate surface area is 239 Å². The molecule has 3 aromatic rings. The summed E-state index contributed by atoms with van der Waals surface area (Å²) in [5, 5.41) is 5.85. The molecule has 0 spiro atoms. The van der Waals surface area contributed by atoms with Gasteiger partial charge in [-0.25, -0.2) is 4.79 Å². The molecule has 0 saturated carbocycles. The van der Waals surface area contributed by atoms with Crippen LogP contribution >= 0.6 is 12.2 Å². The molecule has 9 nitrogen and oxygen atoms in total. The molecular weight excluding hydrogens is 528 g/mol. The van der Waals surface area contributed by atoms with Gasteiger partial charge < -0.3 is 24.6 Å². The number of nitrogens with zero attached hydrogens (tertiary/aromatic N) is 2. The van der Waals surface area contributed by atoms with Crippen molar-refractivity contribution in [1.82, 2.24) is 10.2 Å². The van der Waals surface area contributed by atoms with Crippen molar-refractivity contribution in [2.45, 2.75) is 13.3 Å². The van der Waals surface area contributed by atoms with Crippen molar-refractivity contribution >= 4 is 46.5 Å². The number of hydrogen-bond acceptors (Lipinski definition) is 7. The Balaban J connectivity index is 1.45. The molecule has 1 heterocycles. The number of anilines is 2. The largest absolute Gasteiger partial charge is 0.494 e. The van der Waals surface area contributed by atoms with Crippen LogP contribution in [0.15, 0.2) is 72.8 Å². The van der Waals surface area contributed by atoms with Crippen LogP contribution < -0.4 is 20.3 Å². The molecule has 1 aliphatic rings. The molecule has 2 N–H and O–H groups in total.